The number of anilines is 3. The number of aromatic nitrogens is 3. The van der Waals surface area contributed by atoms with E-state index in [9.17, 15) is 0 Å². The van der Waals surface area contributed by atoms with Gasteiger partial charge in [0.1, 0.15) is 0 Å². The second kappa shape index (κ2) is 4.90. The Labute approximate surface area is 76.7 Å². The Bertz CT molecular complexity index is 179. The van der Waals surface area contributed by atoms with E-state index in [0.29, 0.717) is 22.9 Å². The molecule has 0 bridgehead atoms. The van der Waals surface area contributed by atoms with Gasteiger partial charge in [-0.25, -0.2) is 0 Å². The first kappa shape index (κ1) is 10.2. The summed E-state index contributed by atoms with van der Waals surface area (Å²) in [5, 5.41) is 0. The fraction of sp³-hybridized carbons (Fsp3) is 0. The molecule has 2 radical (unpaired) electrons. The summed E-state index contributed by atoms with van der Waals surface area (Å²) in [5.41, 5.74) is 15.4. The topological polar surface area (TPSA) is 137 Å². The van der Waals surface area contributed by atoms with E-state index in [4.69, 9.17) is 20.6 Å². The molecule has 11 heavy (non-hydrogen) atoms. The fourth-order valence-corrected chi connectivity index (χ4v) is 0.427. The molecule has 0 aromatic carbocycles. The van der Waals surface area contributed by atoms with Crippen LogP contribution in [0.5, 0.6) is 0 Å². The standard InChI is InChI=1S/C3H6N6.H2O.Sn.H/c4-1-7-2(5)9-3(6)8-1;;;/h(H6,4,5,6,7,8,9);1H2;;/q;;+1;/p-1. The maximum atomic E-state index is 7.13. The van der Waals surface area contributed by atoms with Crippen LogP contribution in [0, 0.1) is 0 Å². The molecule has 0 atom stereocenters. The summed E-state index contributed by atoms with van der Waals surface area (Å²) < 4.78 is 7.13. The molecule has 0 amide bonds. The Morgan fingerprint density at radius 2 is 1.00 bits per heavy atom. The van der Waals surface area contributed by atoms with Crippen molar-refractivity contribution >= 4 is 40.8 Å². The Kier molecular flexibility index (Phi) is 4.53. The van der Waals surface area contributed by atoms with Crippen molar-refractivity contribution in [1.29, 1.82) is 0 Å². The van der Waals surface area contributed by atoms with Crippen molar-refractivity contribution < 1.29 is 3.44 Å². The van der Waals surface area contributed by atoms with Gasteiger partial charge in [0, 0.05) is 0 Å². The van der Waals surface area contributed by atoms with E-state index in [1.165, 1.54) is 0 Å². The van der Waals surface area contributed by atoms with Crippen LogP contribution in [0.4, 0.5) is 17.8 Å². The molecule has 0 saturated heterocycles. The first-order chi connectivity index (χ1) is 5.18. The van der Waals surface area contributed by atoms with Crippen LogP contribution in [0.2, 0.25) is 0 Å². The molecule has 1 aromatic heterocycles. The van der Waals surface area contributed by atoms with Crippen LogP contribution in [0.3, 0.4) is 0 Å². The van der Waals surface area contributed by atoms with Crippen LogP contribution in [0.25, 0.3) is 0 Å². The maximum absolute atomic E-state index is 7.13. The Balaban J connectivity index is 0.000000461. The summed E-state index contributed by atoms with van der Waals surface area (Å²) in [6.07, 6.45) is 0. The number of nitrogens with zero attached hydrogens (tertiary/aromatic N) is 3. The van der Waals surface area contributed by atoms with Crippen LogP contribution in [0.1, 0.15) is 0 Å². The summed E-state index contributed by atoms with van der Waals surface area (Å²) in [5.74, 6) is 0.125. The van der Waals surface area contributed by atoms with E-state index in [-0.39, 0.29) is 17.8 Å². The Hall–Kier alpha value is -0.831. The third-order valence-electron chi connectivity index (χ3n) is 0.687. The average molecular weight is 263 g/mol. The van der Waals surface area contributed by atoms with Crippen molar-refractivity contribution in [3.63, 3.8) is 0 Å². The number of hydrogen-bond donors (Lipinski definition) is 4. The molecule has 0 aliphatic rings. The molecule has 0 fully saturated rings. The van der Waals surface area contributed by atoms with Crippen LogP contribution in [-0.2, 0) is 0 Å². The van der Waals surface area contributed by atoms with Crippen molar-refractivity contribution in [2.24, 2.45) is 0 Å². The van der Waals surface area contributed by atoms with Gasteiger partial charge in [0.05, 0.1) is 0 Å². The van der Waals surface area contributed by atoms with Crippen LogP contribution >= 0.6 is 0 Å². The zero-order chi connectivity index (χ0) is 8.85. The van der Waals surface area contributed by atoms with Crippen molar-refractivity contribution in [2.45, 2.75) is 0 Å². The molecule has 1 heterocycles. The summed E-state index contributed by atoms with van der Waals surface area (Å²) in [4.78, 5) is 10.5. The van der Waals surface area contributed by atoms with E-state index in [1.807, 2.05) is 0 Å². The third kappa shape index (κ3) is 3.78. The second-order valence-corrected chi connectivity index (χ2v) is 1.41. The third-order valence-corrected chi connectivity index (χ3v) is 0.687. The van der Waals surface area contributed by atoms with Crippen molar-refractivity contribution in [2.75, 3.05) is 17.2 Å². The summed E-state index contributed by atoms with van der Waals surface area (Å²) in [7, 11) is 0. The summed E-state index contributed by atoms with van der Waals surface area (Å²) >= 11 is 0.350. The van der Waals surface area contributed by atoms with E-state index >= 15 is 0 Å². The Morgan fingerprint density at radius 3 is 1.18 bits per heavy atom. The van der Waals surface area contributed by atoms with Gasteiger partial charge in [-0.1, -0.05) is 0 Å². The molecule has 0 aliphatic heterocycles. The molecule has 8 heteroatoms. The van der Waals surface area contributed by atoms with Gasteiger partial charge in [-0.15, -0.1) is 0 Å². The molecule has 1 rings (SSSR count). The van der Waals surface area contributed by atoms with Gasteiger partial charge in [-0.2, -0.15) is 15.0 Å². The zero-order valence-corrected chi connectivity index (χ0v) is 8.89. The summed E-state index contributed by atoms with van der Waals surface area (Å²) in [6, 6.07) is 0. The van der Waals surface area contributed by atoms with Crippen molar-refractivity contribution in [3.8, 4) is 0 Å². The molecule has 0 spiro atoms. The normalized spacial score (nSPS) is 8.18. The fourth-order valence-electron chi connectivity index (χ4n) is 0.427. The van der Waals surface area contributed by atoms with Crippen LogP contribution in [0.15, 0.2) is 0 Å². The van der Waals surface area contributed by atoms with Gasteiger partial charge in [0.25, 0.3) is 0 Å². The zero-order valence-electron chi connectivity index (χ0n) is 5.60. The minimum atomic E-state index is 0.0417. The van der Waals surface area contributed by atoms with Gasteiger partial charge < -0.3 is 17.2 Å². The Morgan fingerprint density at radius 1 is 0.818 bits per heavy atom. The van der Waals surface area contributed by atoms with Crippen molar-refractivity contribution in [1.82, 2.24) is 15.0 Å². The minimum absolute atomic E-state index is 0.0417. The van der Waals surface area contributed by atoms with E-state index < -0.39 is 0 Å². The van der Waals surface area contributed by atoms with Gasteiger partial charge in [-0.05, 0) is 0 Å². The molecular weight excluding hydrogens is 255 g/mol. The first-order valence-electron chi connectivity index (χ1n) is 2.47. The van der Waals surface area contributed by atoms with Gasteiger partial charge in [0.2, 0.25) is 17.8 Å². The van der Waals surface area contributed by atoms with Gasteiger partial charge in [-0.3, -0.25) is 0 Å². The number of nitrogen functional groups attached to an aromatic ring is 3. The number of hydrogen-bond acceptors (Lipinski definition) is 7. The molecular formula is C3H8N6OSn. The molecule has 0 saturated carbocycles. The first-order valence-corrected chi connectivity index (χ1v) is 3.94. The van der Waals surface area contributed by atoms with Gasteiger partial charge in [0.15, 0.2) is 0 Å². The SMILES string of the molecule is Nc1nc(N)nc(N)n1.[OH][SnH]. The average Bonchev–Trinajstić information content (AvgIpc) is 1.88. The van der Waals surface area contributed by atoms with E-state index in [0.717, 1.165) is 0 Å². The molecule has 1 aromatic rings. The summed E-state index contributed by atoms with van der Waals surface area (Å²) in [6.45, 7) is 0. The second-order valence-electron chi connectivity index (χ2n) is 1.41. The predicted molar refractivity (Wildman–Crippen MR) is 42.4 cm³/mol. The molecule has 0 aliphatic carbocycles. The number of rotatable bonds is 0. The molecule has 7 nitrogen and oxygen atoms in total. The van der Waals surface area contributed by atoms with Crippen LogP contribution in [-0.4, -0.2) is 41.3 Å². The van der Waals surface area contributed by atoms with Gasteiger partial charge >= 0.3 is 26.4 Å². The molecule has 7 N–H and O–H groups in total. The van der Waals surface area contributed by atoms with Crippen molar-refractivity contribution in [3.05, 3.63) is 0 Å². The van der Waals surface area contributed by atoms with E-state index in [1.54, 1.807) is 0 Å². The predicted octanol–water partition coefficient (Wildman–Crippen LogP) is -2.59. The molecule has 60 valence electrons. The number of nitrogens with two attached hydrogens (primary N) is 3. The quantitative estimate of drug-likeness (QED) is 0.377. The van der Waals surface area contributed by atoms with Crippen LogP contribution < -0.4 is 17.2 Å². The van der Waals surface area contributed by atoms with E-state index in [2.05, 4.69) is 15.0 Å². The monoisotopic (exact) mass is 264 g/mol. The molecule has 0 unspecified atom stereocenters.